The van der Waals surface area contributed by atoms with Gasteiger partial charge in [-0.1, -0.05) is 69.8 Å². The van der Waals surface area contributed by atoms with Crippen LogP contribution >= 0.6 is 0 Å². The zero-order valence-corrected chi connectivity index (χ0v) is 20.9. The van der Waals surface area contributed by atoms with Crippen molar-refractivity contribution in [2.75, 3.05) is 0 Å². The highest BCUT2D eigenvalue weighted by Crippen LogP contribution is 2.60. The highest BCUT2D eigenvalue weighted by molar-refractivity contribution is 5.26. The first kappa shape index (κ1) is 24.5. The fourth-order valence-electron chi connectivity index (χ4n) is 8.06. The molecule has 0 radical (unpaired) electrons. The van der Waals surface area contributed by atoms with Gasteiger partial charge in [0.05, 0.1) is 17.8 Å². The van der Waals surface area contributed by atoms with Crippen LogP contribution in [0.1, 0.15) is 111 Å². The lowest BCUT2D eigenvalue weighted by molar-refractivity contribution is 0.00405. The number of fused-ring (bicyclic) bond motifs is 1. The molecular formula is C29H48O3. The minimum atomic E-state index is -0.418. The molecule has 4 saturated carbocycles. The van der Waals surface area contributed by atoms with Crippen molar-refractivity contribution in [3.63, 3.8) is 0 Å². The van der Waals surface area contributed by atoms with Gasteiger partial charge in [-0.2, -0.15) is 0 Å². The quantitative estimate of drug-likeness (QED) is 0.449. The van der Waals surface area contributed by atoms with Crippen molar-refractivity contribution >= 4 is 0 Å². The Labute approximate surface area is 196 Å². The molecule has 182 valence electrons. The van der Waals surface area contributed by atoms with Crippen LogP contribution in [-0.4, -0.2) is 33.1 Å². The molecule has 3 heteroatoms. The monoisotopic (exact) mass is 444 g/mol. The largest absolute Gasteiger partial charge is 0.392 e. The number of hydrogen-bond donors (Lipinski definition) is 3. The van der Waals surface area contributed by atoms with Crippen molar-refractivity contribution in [1.82, 2.24) is 0 Å². The third-order valence-electron chi connectivity index (χ3n) is 10.3. The molecular weight excluding hydrogens is 396 g/mol. The number of rotatable bonds is 6. The maximum atomic E-state index is 10.7. The van der Waals surface area contributed by atoms with Gasteiger partial charge in [0.25, 0.3) is 0 Å². The van der Waals surface area contributed by atoms with E-state index in [0.29, 0.717) is 24.2 Å². The van der Waals surface area contributed by atoms with Gasteiger partial charge in [-0.15, -0.1) is 0 Å². The molecule has 0 aromatic heterocycles. The lowest BCUT2D eigenvalue weighted by atomic mass is 9.60. The van der Waals surface area contributed by atoms with Crippen LogP contribution in [-0.2, 0) is 0 Å². The molecule has 4 rings (SSSR count). The molecule has 0 spiro atoms. The Morgan fingerprint density at radius 2 is 1.69 bits per heavy atom. The minimum absolute atomic E-state index is 0.0239. The molecule has 0 aromatic carbocycles. The lowest BCUT2D eigenvalue weighted by Gasteiger charge is -2.44. The van der Waals surface area contributed by atoms with Crippen LogP contribution in [0.3, 0.4) is 0 Å². The molecule has 2 unspecified atom stereocenters. The Kier molecular flexibility index (Phi) is 7.59. The third kappa shape index (κ3) is 5.05. The van der Waals surface area contributed by atoms with Gasteiger partial charge in [-0.3, -0.25) is 0 Å². The van der Waals surface area contributed by atoms with E-state index in [1.54, 1.807) is 5.57 Å². The standard InChI is InChI=1S/C29H48O3/c1-20(8-6-17-29(32)15-4-5-16-29)24-12-13-25-23(9-7-14-28(24,25)3)11-10-22-18-26(30)21(2)27(31)19-22/h10-11,20-21,24-27,30-32H,4-9,12-19H2,1-3H3/t20-,21?,24?,25?,26+,27+,28+/m0/s1. The van der Waals surface area contributed by atoms with E-state index in [9.17, 15) is 15.3 Å². The second-order valence-electron chi connectivity index (χ2n) is 12.4. The lowest BCUT2D eigenvalue weighted by Crippen LogP contribution is -2.36. The third-order valence-corrected chi connectivity index (χ3v) is 10.3. The van der Waals surface area contributed by atoms with Gasteiger partial charge in [0.2, 0.25) is 0 Å². The van der Waals surface area contributed by atoms with Crippen molar-refractivity contribution in [3.05, 3.63) is 23.3 Å². The Balaban J connectivity index is 1.38. The predicted molar refractivity (Wildman–Crippen MR) is 131 cm³/mol. The summed E-state index contributed by atoms with van der Waals surface area (Å²) in [5.41, 5.74) is 2.88. The predicted octanol–water partition coefficient (Wildman–Crippen LogP) is 6.32. The van der Waals surface area contributed by atoms with Crippen molar-refractivity contribution in [3.8, 4) is 0 Å². The van der Waals surface area contributed by atoms with E-state index in [4.69, 9.17) is 0 Å². The van der Waals surface area contributed by atoms with Crippen LogP contribution in [0.5, 0.6) is 0 Å². The number of hydrogen-bond acceptors (Lipinski definition) is 3. The summed E-state index contributed by atoms with van der Waals surface area (Å²) in [7, 11) is 0. The Morgan fingerprint density at radius 3 is 2.38 bits per heavy atom. The molecule has 0 aliphatic heterocycles. The normalized spacial score (nSPS) is 41.6. The van der Waals surface area contributed by atoms with Gasteiger partial charge in [-0.05, 0) is 87.4 Å². The fraction of sp³-hybridized carbons (Fsp3) is 0.862. The first-order valence-electron chi connectivity index (χ1n) is 13.7. The Morgan fingerprint density at radius 1 is 1.00 bits per heavy atom. The van der Waals surface area contributed by atoms with Gasteiger partial charge in [0, 0.05) is 5.92 Å². The molecule has 0 aromatic rings. The van der Waals surface area contributed by atoms with Gasteiger partial charge in [-0.25, -0.2) is 0 Å². The molecule has 0 bridgehead atoms. The highest BCUT2D eigenvalue weighted by atomic mass is 16.3. The van der Waals surface area contributed by atoms with Crippen LogP contribution < -0.4 is 0 Å². The van der Waals surface area contributed by atoms with Crippen molar-refractivity contribution in [2.24, 2.45) is 29.1 Å². The first-order valence-corrected chi connectivity index (χ1v) is 13.7. The summed E-state index contributed by atoms with van der Waals surface area (Å²) < 4.78 is 0. The van der Waals surface area contributed by atoms with E-state index in [2.05, 4.69) is 26.0 Å². The average molecular weight is 445 g/mol. The number of allylic oxidation sites excluding steroid dienone is 3. The molecule has 32 heavy (non-hydrogen) atoms. The van der Waals surface area contributed by atoms with Crippen LogP contribution in [0.4, 0.5) is 0 Å². The van der Waals surface area contributed by atoms with Gasteiger partial charge < -0.3 is 15.3 Å². The smallest absolute Gasteiger partial charge is 0.0647 e. The van der Waals surface area contributed by atoms with Crippen molar-refractivity contribution < 1.29 is 15.3 Å². The van der Waals surface area contributed by atoms with E-state index in [1.807, 2.05) is 6.92 Å². The molecule has 0 heterocycles. The van der Waals surface area contributed by atoms with Crippen molar-refractivity contribution in [1.29, 1.82) is 0 Å². The van der Waals surface area contributed by atoms with Gasteiger partial charge in [0.15, 0.2) is 0 Å². The molecule has 4 aliphatic rings. The molecule has 0 saturated heterocycles. The highest BCUT2D eigenvalue weighted by Gasteiger charge is 2.50. The van der Waals surface area contributed by atoms with E-state index in [1.165, 1.54) is 63.4 Å². The van der Waals surface area contributed by atoms with E-state index < -0.39 is 12.2 Å². The molecule has 0 amide bonds. The Bertz CT molecular complexity index is 689. The molecule has 4 fully saturated rings. The SMILES string of the molecule is CC1[C@H](O)CC(=CC=C2CCC[C@@]3(C)C2CCC3[C@@H](C)CCCC2(O)CCCC2)C[C@H]1O. The number of aliphatic hydroxyl groups is 3. The maximum Gasteiger partial charge on any atom is 0.0647 e. The summed E-state index contributed by atoms with van der Waals surface area (Å²) in [4.78, 5) is 0. The van der Waals surface area contributed by atoms with Crippen LogP contribution in [0.2, 0.25) is 0 Å². The van der Waals surface area contributed by atoms with E-state index >= 15 is 0 Å². The van der Waals surface area contributed by atoms with E-state index in [0.717, 1.165) is 31.1 Å². The molecule has 4 aliphatic carbocycles. The summed E-state index contributed by atoms with van der Waals surface area (Å²) in [5.74, 6) is 2.19. The zero-order chi connectivity index (χ0) is 22.9. The second-order valence-corrected chi connectivity index (χ2v) is 12.4. The van der Waals surface area contributed by atoms with Crippen LogP contribution in [0.25, 0.3) is 0 Å². The summed E-state index contributed by atoms with van der Waals surface area (Å²) in [6.07, 6.45) is 19.5. The molecule has 3 N–H and O–H groups in total. The van der Waals surface area contributed by atoms with Crippen LogP contribution in [0.15, 0.2) is 23.3 Å². The minimum Gasteiger partial charge on any atom is -0.392 e. The Hall–Kier alpha value is -0.640. The van der Waals surface area contributed by atoms with E-state index in [-0.39, 0.29) is 11.5 Å². The van der Waals surface area contributed by atoms with Gasteiger partial charge in [0.1, 0.15) is 0 Å². The van der Waals surface area contributed by atoms with Crippen LogP contribution in [0, 0.1) is 29.1 Å². The average Bonchev–Trinajstić information content (AvgIpc) is 3.33. The summed E-state index contributed by atoms with van der Waals surface area (Å²) in [6, 6.07) is 0. The summed E-state index contributed by atoms with van der Waals surface area (Å²) in [5, 5.41) is 31.2. The maximum absolute atomic E-state index is 10.7. The van der Waals surface area contributed by atoms with Crippen molar-refractivity contribution in [2.45, 2.75) is 128 Å². The second kappa shape index (κ2) is 9.92. The molecule has 6 atom stereocenters. The first-order chi connectivity index (χ1) is 15.2. The van der Waals surface area contributed by atoms with Gasteiger partial charge >= 0.3 is 0 Å². The topological polar surface area (TPSA) is 60.7 Å². The summed E-state index contributed by atoms with van der Waals surface area (Å²) >= 11 is 0. The fourth-order valence-corrected chi connectivity index (χ4v) is 8.06. The molecule has 3 nitrogen and oxygen atoms in total. The zero-order valence-electron chi connectivity index (χ0n) is 20.9. The number of aliphatic hydroxyl groups excluding tert-OH is 2. The summed E-state index contributed by atoms with van der Waals surface area (Å²) in [6.45, 7) is 6.99.